The first-order valence-electron chi connectivity index (χ1n) is 9.84. The van der Waals surface area contributed by atoms with Crippen LogP contribution in [-0.4, -0.2) is 27.5 Å². The van der Waals surface area contributed by atoms with Crippen LogP contribution < -0.4 is 21.7 Å². The third kappa shape index (κ3) is 5.33. The lowest BCUT2D eigenvalue weighted by Crippen LogP contribution is -2.43. The van der Waals surface area contributed by atoms with Crippen molar-refractivity contribution in [2.45, 2.75) is 33.2 Å². The monoisotopic (exact) mass is 421 g/mol. The summed E-state index contributed by atoms with van der Waals surface area (Å²) in [5, 5.41) is 7.65. The van der Waals surface area contributed by atoms with Gasteiger partial charge in [-0.25, -0.2) is 4.68 Å². The van der Waals surface area contributed by atoms with Crippen molar-refractivity contribution in [2.24, 2.45) is 0 Å². The van der Waals surface area contributed by atoms with Gasteiger partial charge in [0.25, 0.3) is 11.5 Å². The van der Waals surface area contributed by atoms with Crippen molar-refractivity contribution in [3.05, 3.63) is 70.1 Å². The molecule has 3 N–H and O–H groups in total. The summed E-state index contributed by atoms with van der Waals surface area (Å²) in [6.07, 6.45) is 0.716. The van der Waals surface area contributed by atoms with Gasteiger partial charge in [0.2, 0.25) is 11.8 Å². The Morgan fingerprint density at radius 1 is 0.968 bits per heavy atom. The molecule has 3 amide bonds. The van der Waals surface area contributed by atoms with Gasteiger partial charge in [-0.05, 0) is 30.2 Å². The molecule has 0 aliphatic carbocycles. The van der Waals surface area contributed by atoms with Gasteiger partial charge in [0.15, 0.2) is 5.69 Å². The maximum Gasteiger partial charge on any atom is 0.290 e. The minimum atomic E-state index is -0.615. The average molecular weight is 421 g/mol. The van der Waals surface area contributed by atoms with E-state index in [0.29, 0.717) is 35.0 Å². The summed E-state index contributed by atoms with van der Waals surface area (Å²) in [4.78, 5) is 48.5. The summed E-state index contributed by atoms with van der Waals surface area (Å²) in [5.41, 5.74) is 5.87. The van der Waals surface area contributed by atoms with Gasteiger partial charge in [-0.1, -0.05) is 37.3 Å². The van der Waals surface area contributed by atoms with Gasteiger partial charge in [0.1, 0.15) is 0 Å². The molecule has 3 aromatic rings. The molecule has 0 atom stereocenters. The van der Waals surface area contributed by atoms with Crippen molar-refractivity contribution in [1.29, 1.82) is 0 Å². The Bertz CT molecular complexity index is 1180. The summed E-state index contributed by atoms with van der Waals surface area (Å²) < 4.78 is 1.26. The molecule has 9 nitrogen and oxygen atoms in total. The predicted molar refractivity (Wildman–Crippen MR) is 116 cm³/mol. The Morgan fingerprint density at radius 2 is 1.65 bits per heavy atom. The number of amides is 3. The highest BCUT2D eigenvalue weighted by Crippen LogP contribution is 2.13. The molecule has 0 fully saturated rings. The van der Waals surface area contributed by atoms with Crippen molar-refractivity contribution in [1.82, 2.24) is 20.6 Å². The van der Waals surface area contributed by atoms with Crippen molar-refractivity contribution in [3.8, 4) is 0 Å². The van der Waals surface area contributed by atoms with Crippen LogP contribution in [0.3, 0.4) is 0 Å². The summed E-state index contributed by atoms with van der Waals surface area (Å²) >= 11 is 0. The van der Waals surface area contributed by atoms with Crippen molar-refractivity contribution < 1.29 is 14.4 Å². The van der Waals surface area contributed by atoms with Gasteiger partial charge in [0, 0.05) is 24.5 Å². The number of hydrazine groups is 1. The first-order valence-corrected chi connectivity index (χ1v) is 9.84. The van der Waals surface area contributed by atoms with Gasteiger partial charge in [-0.15, -0.1) is 0 Å². The number of nitrogens with zero attached hydrogens (tertiary/aromatic N) is 2. The van der Waals surface area contributed by atoms with Gasteiger partial charge >= 0.3 is 0 Å². The van der Waals surface area contributed by atoms with Crippen LogP contribution in [0, 0.1) is 0 Å². The highest BCUT2D eigenvalue weighted by Gasteiger charge is 2.17. The van der Waals surface area contributed by atoms with E-state index in [1.165, 1.54) is 11.6 Å². The first kappa shape index (κ1) is 21.7. The molecule has 0 bridgehead atoms. The van der Waals surface area contributed by atoms with E-state index in [2.05, 4.69) is 21.3 Å². The van der Waals surface area contributed by atoms with E-state index in [4.69, 9.17) is 0 Å². The molecule has 31 heavy (non-hydrogen) atoms. The minimum Gasteiger partial charge on any atom is -0.326 e. The molecule has 0 spiro atoms. The van der Waals surface area contributed by atoms with Gasteiger partial charge in [0.05, 0.1) is 11.8 Å². The van der Waals surface area contributed by atoms with E-state index in [1.807, 2.05) is 6.92 Å². The molecular formula is C22H23N5O4. The van der Waals surface area contributed by atoms with Gasteiger partial charge < -0.3 is 5.32 Å². The molecule has 160 valence electrons. The molecule has 0 aliphatic heterocycles. The summed E-state index contributed by atoms with van der Waals surface area (Å²) in [7, 11) is 0. The Hall–Kier alpha value is -4.01. The minimum absolute atomic E-state index is 0.0319. The number of carbonyl (C=O) groups excluding carboxylic acids is 3. The summed E-state index contributed by atoms with van der Waals surface area (Å²) in [6.45, 7) is 3.70. The molecule has 0 aliphatic rings. The van der Waals surface area contributed by atoms with Crippen LogP contribution in [-0.2, 0) is 22.6 Å². The number of benzene rings is 2. The zero-order valence-corrected chi connectivity index (χ0v) is 17.3. The van der Waals surface area contributed by atoms with E-state index in [0.717, 1.165) is 0 Å². The lowest BCUT2D eigenvalue weighted by Gasteiger charge is -2.11. The molecule has 9 heteroatoms. The lowest BCUT2D eigenvalue weighted by molar-refractivity contribution is -0.121. The van der Waals surface area contributed by atoms with E-state index in [1.54, 1.807) is 48.5 Å². The Balaban J connectivity index is 1.70. The summed E-state index contributed by atoms with van der Waals surface area (Å²) in [5.74, 6) is -1.22. The number of hydrogen-bond acceptors (Lipinski definition) is 5. The average Bonchev–Trinajstić information content (AvgIpc) is 2.75. The zero-order valence-electron chi connectivity index (χ0n) is 17.3. The van der Waals surface area contributed by atoms with Gasteiger partial charge in [-0.3, -0.25) is 30.0 Å². The molecular weight excluding hydrogens is 398 g/mol. The lowest BCUT2D eigenvalue weighted by atomic mass is 10.1. The number of aryl methyl sites for hydroxylation is 1. The quantitative estimate of drug-likeness (QED) is 0.524. The van der Waals surface area contributed by atoms with Crippen LogP contribution in [0.2, 0.25) is 0 Å². The molecule has 0 radical (unpaired) electrons. The third-order valence-electron chi connectivity index (χ3n) is 4.47. The Kier molecular flexibility index (Phi) is 6.76. The highest BCUT2D eigenvalue weighted by atomic mass is 16.2. The Labute approximate surface area is 178 Å². The molecule has 2 aromatic carbocycles. The molecule has 1 aromatic heterocycles. The second kappa shape index (κ2) is 9.66. The molecule has 0 saturated carbocycles. The van der Waals surface area contributed by atoms with Crippen LogP contribution >= 0.6 is 0 Å². The van der Waals surface area contributed by atoms with Crippen molar-refractivity contribution >= 4 is 34.2 Å². The van der Waals surface area contributed by atoms with E-state index < -0.39 is 11.8 Å². The second-order valence-corrected chi connectivity index (χ2v) is 6.98. The fourth-order valence-corrected chi connectivity index (χ4v) is 3.09. The largest absolute Gasteiger partial charge is 0.326 e. The van der Waals surface area contributed by atoms with E-state index >= 15 is 0 Å². The fraction of sp³-hybridized carbons (Fsp3) is 0.227. The summed E-state index contributed by atoms with van der Waals surface area (Å²) in [6, 6.07) is 13.5. The third-order valence-corrected chi connectivity index (χ3v) is 4.47. The van der Waals surface area contributed by atoms with Gasteiger partial charge in [-0.2, -0.15) is 5.10 Å². The normalized spacial score (nSPS) is 10.5. The molecule has 3 rings (SSSR count). The fourth-order valence-electron chi connectivity index (χ4n) is 3.09. The number of hydrogen-bond donors (Lipinski definition) is 3. The van der Waals surface area contributed by atoms with Crippen LogP contribution in [0.1, 0.15) is 36.3 Å². The first-order chi connectivity index (χ1) is 14.9. The van der Waals surface area contributed by atoms with Crippen LogP contribution in [0.25, 0.3) is 10.8 Å². The molecule has 0 saturated heterocycles. The van der Waals surface area contributed by atoms with Crippen molar-refractivity contribution in [3.63, 3.8) is 0 Å². The second-order valence-electron chi connectivity index (χ2n) is 6.98. The number of carbonyl (C=O) groups is 3. The van der Waals surface area contributed by atoms with E-state index in [-0.39, 0.29) is 23.6 Å². The number of nitrogens with one attached hydrogen (secondary N) is 3. The number of fused-ring (bicyclic) bond motifs is 1. The van der Waals surface area contributed by atoms with E-state index in [9.17, 15) is 19.2 Å². The predicted octanol–water partition coefficient (Wildman–Crippen LogP) is 1.77. The molecule has 0 unspecified atom stereocenters. The smallest absolute Gasteiger partial charge is 0.290 e. The van der Waals surface area contributed by atoms with Crippen LogP contribution in [0.15, 0.2) is 53.3 Å². The maximum absolute atomic E-state index is 12.7. The SMILES string of the molecule is CCCn1nc(C(=O)NNC(=O)Cc2ccc(NC(C)=O)cc2)c2ccccc2c1=O. The number of anilines is 1. The zero-order chi connectivity index (χ0) is 22.4. The molecule has 1 heterocycles. The number of aromatic nitrogens is 2. The van der Waals surface area contributed by atoms with Crippen molar-refractivity contribution in [2.75, 3.05) is 5.32 Å². The highest BCUT2D eigenvalue weighted by molar-refractivity contribution is 6.05. The topological polar surface area (TPSA) is 122 Å². The number of rotatable bonds is 6. The van der Waals surface area contributed by atoms with Crippen LogP contribution in [0.5, 0.6) is 0 Å². The standard InChI is InChI=1S/C22H23N5O4/c1-3-12-27-22(31)18-7-5-4-6-17(18)20(26-27)21(30)25-24-19(29)13-15-8-10-16(11-9-15)23-14(2)28/h4-11H,3,12-13H2,1-2H3,(H,23,28)(H,24,29)(H,25,30). The Morgan fingerprint density at radius 3 is 2.29 bits per heavy atom. The maximum atomic E-state index is 12.7. The van der Waals surface area contributed by atoms with Crippen LogP contribution in [0.4, 0.5) is 5.69 Å².